The molecule has 0 saturated heterocycles. The molecule has 0 aromatic rings. The van der Waals surface area contributed by atoms with Crippen LogP contribution in [0.15, 0.2) is 36.5 Å². The molecule has 0 aromatic heterocycles. The summed E-state index contributed by atoms with van der Waals surface area (Å²) >= 11 is 0. The molecule has 0 radical (unpaired) electrons. The van der Waals surface area contributed by atoms with E-state index in [0.29, 0.717) is 19.4 Å². The van der Waals surface area contributed by atoms with Crippen LogP contribution in [0.4, 0.5) is 0 Å². The van der Waals surface area contributed by atoms with Gasteiger partial charge in [-0.15, -0.1) is 0 Å². The minimum Gasteiger partial charge on any atom is -0.466 e. The quantitative estimate of drug-likeness (QED) is 0.0320. The van der Waals surface area contributed by atoms with E-state index in [1.165, 1.54) is 405 Å². The van der Waals surface area contributed by atoms with Crippen LogP contribution in [0.2, 0.25) is 0 Å². The molecule has 0 rings (SSSR count). The SMILES string of the molecule is CCCCCCCCCCCCCCCCCCCCCCC/C=C/C(O)C(CO)NC(=O)CCCCCCCCCCCCCCCCCCC/C=C\C/C=C\CCCCCCCCCCCCCOC(=O)CCCCCCCCCCCCCCCCCCC. The summed E-state index contributed by atoms with van der Waals surface area (Å²) < 4.78 is 5.51. The topological polar surface area (TPSA) is 95.9 Å². The minimum atomic E-state index is -0.845. The van der Waals surface area contributed by atoms with E-state index in [-0.39, 0.29) is 18.5 Å². The monoisotopic (exact) mass is 1290 g/mol. The molecule has 544 valence electrons. The molecule has 6 heteroatoms. The van der Waals surface area contributed by atoms with Gasteiger partial charge in [-0.05, 0) is 64.2 Å². The number of rotatable bonds is 80. The zero-order chi connectivity index (χ0) is 66.3. The number of aliphatic hydroxyl groups is 2. The van der Waals surface area contributed by atoms with E-state index in [9.17, 15) is 19.8 Å². The first-order chi connectivity index (χ1) is 45.5. The first-order valence-electron chi connectivity index (χ1n) is 42.3. The van der Waals surface area contributed by atoms with Crippen LogP contribution in [-0.2, 0) is 14.3 Å². The van der Waals surface area contributed by atoms with E-state index < -0.39 is 12.1 Å². The van der Waals surface area contributed by atoms with E-state index in [1.807, 2.05) is 6.08 Å². The number of unbranched alkanes of at least 4 members (excludes halogenated alkanes) is 65. The first-order valence-corrected chi connectivity index (χ1v) is 42.3. The maximum atomic E-state index is 12.6. The number of hydrogen-bond donors (Lipinski definition) is 3. The smallest absolute Gasteiger partial charge is 0.305 e. The number of hydrogen-bond acceptors (Lipinski definition) is 5. The van der Waals surface area contributed by atoms with Gasteiger partial charge < -0.3 is 20.3 Å². The molecule has 92 heavy (non-hydrogen) atoms. The fourth-order valence-corrected chi connectivity index (χ4v) is 13.5. The number of amides is 1. The second-order valence-corrected chi connectivity index (χ2v) is 29.2. The Balaban J connectivity index is 3.38. The molecule has 0 bridgehead atoms. The summed E-state index contributed by atoms with van der Waals surface area (Å²) in [6.45, 7) is 4.96. The minimum absolute atomic E-state index is 0.0215. The summed E-state index contributed by atoms with van der Waals surface area (Å²) in [4.78, 5) is 24.7. The van der Waals surface area contributed by atoms with Gasteiger partial charge in [-0.3, -0.25) is 9.59 Å². The Hall–Kier alpha value is -1.92. The molecule has 0 aromatic carbocycles. The van der Waals surface area contributed by atoms with Gasteiger partial charge in [-0.1, -0.05) is 436 Å². The fourth-order valence-electron chi connectivity index (χ4n) is 13.5. The molecule has 6 nitrogen and oxygen atoms in total. The standard InChI is InChI=1S/C86H165NO5/c1-3-5-7-9-11-13-15-17-19-21-22-23-37-40-43-47-50-54-58-62-66-70-74-78-84(89)83(82-88)87-85(90)79-75-71-67-63-59-55-51-48-44-41-38-35-33-31-29-27-25-24-26-28-30-32-34-36-39-42-45-49-53-57-61-65-69-73-77-81-92-86(91)80-76-72-68-64-60-56-52-46-20-18-16-14-12-10-8-6-4-2/h26,28,32,34,74,78,83-84,88-89H,3-25,27,29-31,33,35-73,75-77,79-82H2,1-2H3,(H,87,90)/b28-26-,34-32-,78-74+. The van der Waals surface area contributed by atoms with Crippen LogP contribution in [0.5, 0.6) is 0 Å². The van der Waals surface area contributed by atoms with Crippen LogP contribution >= 0.6 is 0 Å². The molecular formula is C86H165NO5. The molecule has 2 unspecified atom stereocenters. The van der Waals surface area contributed by atoms with Crippen molar-refractivity contribution in [2.24, 2.45) is 0 Å². The summed E-state index contributed by atoms with van der Waals surface area (Å²) in [5, 5.41) is 23.3. The summed E-state index contributed by atoms with van der Waals surface area (Å²) in [5.74, 6) is -0.0390. The Morgan fingerprint density at radius 3 is 0.826 bits per heavy atom. The molecule has 0 aliphatic carbocycles. The maximum absolute atomic E-state index is 12.6. The highest BCUT2D eigenvalue weighted by Crippen LogP contribution is 2.20. The Labute approximate surface area is 576 Å². The number of aliphatic hydroxyl groups excluding tert-OH is 2. The van der Waals surface area contributed by atoms with Gasteiger partial charge in [-0.25, -0.2) is 0 Å². The van der Waals surface area contributed by atoms with Crippen LogP contribution in [0.1, 0.15) is 476 Å². The van der Waals surface area contributed by atoms with Gasteiger partial charge in [0, 0.05) is 12.8 Å². The largest absolute Gasteiger partial charge is 0.466 e. The molecular weight excluding hydrogens is 1130 g/mol. The number of nitrogens with one attached hydrogen (secondary N) is 1. The van der Waals surface area contributed by atoms with E-state index in [1.54, 1.807) is 6.08 Å². The van der Waals surface area contributed by atoms with Gasteiger partial charge in [0.25, 0.3) is 0 Å². The van der Waals surface area contributed by atoms with E-state index >= 15 is 0 Å². The summed E-state index contributed by atoms with van der Waals surface area (Å²) in [6.07, 6.45) is 107. The number of ether oxygens (including phenoxy) is 1. The van der Waals surface area contributed by atoms with Crippen molar-refractivity contribution in [3.05, 3.63) is 36.5 Å². The Kier molecular flexibility index (Phi) is 79.8. The van der Waals surface area contributed by atoms with Crippen molar-refractivity contribution >= 4 is 11.9 Å². The van der Waals surface area contributed by atoms with Crippen molar-refractivity contribution in [1.82, 2.24) is 5.32 Å². The van der Waals surface area contributed by atoms with Gasteiger partial charge >= 0.3 is 5.97 Å². The van der Waals surface area contributed by atoms with Gasteiger partial charge in [0.2, 0.25) is 5.91 Å². The number of carbonyl (C=O) groups is 2. The second kappa shape index (κ2) is 81.5. The Bertz CT molecular complexity index is 1490. The third-order valence-electron chi connectivity index (χ3n) is 19.9. The Morgan fingerprint density at radius 1 is 0.304 bits per heavy atom. The molecule has 0 heterocycles. The third kappa shape index (κ3) is 77.1. The number of carbonyl (C=O) groups excluding carboxylic acids is 2. The first kappa shape index (κ1) is 90.1. The van der Waals surface area contributed by atoms with Gasteiger partial charge in [0.15, 0.2) is 0 Å². The lowest BCUT2D eigenvalue weighted by Gasteiger charge is -2.20. The highest BCUT2D eigenvalue weighted by Gasteiger charge is 2.18. The molecule has 0 aliphatic rings. The summed E-state index contributed by atoms with van der Waals surface area (Å²) in [7, 11) is 0. The number of allylic oxidation sites excluding steroid dienone is 5. The fraction of sp³-hybridized carbons (Fsp3) is 0.907. The summed E-state index contributed by atoms with van der Waals surface area (Å²) in [6, 6.07) is -0.628. The molecule has 2 atom stereocenters. The van der Waals surface area contributed by atoms with Crippen LogP contribution in [0.3, 0.4) is 0 Å². The molecule has 0 saturated carbocycles. The molecule has 3 N–H and O–H groups in total. The lowest BCUT2D eigenvalue weighted by molar-refractivity contribution is -0.143. The van der Waals surface area contributed by atoms with Crippen molar-refractivity contribution in [3.8, 4) is 0 Å². The van der Waals surface area contributed by atoms with Crippen LogP contribution in [0.25, 0.3) is 0 Å². The normalized spacial score (nSPS) is 12.6. The Morgan fingerprint density at radius 2 is 0.543 bits per heavy atom. The zero-order valence-electron chi connectivity index (χ0n) is 62.6. The second-order valence-electron chi connectivity index (χ2n) is 29.2. The van der Waals surface area contributed by atoms with Gasteiger partial charge in [0.05, 0.1) is 25.4 Å². The van der Waals surface area contributed by atoms with Gasteiger partial charge in [0.1, 0.15) is 0 Å². The summed E-state index contributed by atoms with van der Waals surface area (Å²) in [5.41, 5.74) is 0. The average Bonchev–Trinajstić information content (AvgIpc) is 3.74. The van der Waals surface area contributed by atoms with Crippen molar-refractivity contribution in [1.29, 1.82) is 0 Å². The number of esters is 1. The van der Waals surface area contributed by atoms with Crippen molar-refractivity contribution in [2.75, 3.05) is 13.2 Å². The predicted molar refractivity (Wildman–Crippen MR) is 407 cm³/mol. The average molecular weight is 1290 g/mol. The molecule has 0 fully saturated rings. The molecule has 1 amide bonds. The molecule has 0 aliphatic heterocycles. The lowest BCUT2D eigenvalue weighted by atomic mass is 10.0. The maximum Gasteiger partial charge on any atom is 0.305 e. The van der Waals surface area contributed by atoms with E-state index in [0.717, 1.165) is 44.9 Å². The van der Waals surface area contributed by atoms with Gasteiger partial charge in [-0.2, -0.15) is 0 Å². The molecule has 0 spiro atoms. The van der Waals surface area contributed by atoms with E-state index in [4.69, 9.17) is 4.74 Å². The van der Waals surface area contributed by atoms with Crippen LogP contribution in [-0.4, -0.2) is 47.4 Å². The van der Waals surface area contributed by atoms with Crippen molar-refractivity contribution in [3.63, 3.8) is 0 Å². The predicted octanol–water partition coefficient (Wildman–Crippen LogP) is 28.2. The highest BCUT2D eigenvalue weighted by molar-refractivity contribution is 5.76. The van der Waals surface area contributed by atoms with Crippen LogP contribution < -0.4 is 5.32 Å². The third-order valence-corrected chi connectivity index (χ3v) is 19.9. The van der Waals surface area contributed by atoms with Crippen LogP contribution in [0, 0.1) is 0 Å². The van der Waals surface area contributed by atoms with Crippen molar-refractivity contribution < 1.29 is 24.5 Å². The van der Waals surface area contributed by atoms with E-state index in [2.05, 4.69) is 43.5 Å². The zero-order valence-corrected chi connectivity index (χ0v) is 62.6. The van der Waals surface area contributed by atoms with Crippen molar-refractivity contribution in [2.45, 2.75) is 488 Å². The highest BCUT2D eigenvalue weighted by atomic mass is 16.5. The lowest BCUT2D eigenvalue weighted by Crippen LogP contribution is -2.45.